The number of nitrogen functional groups attached to an aromatic ring is 1. The van der Waals surface area contributed by atoms with Crippen LogP contribution in [0.25, 0.3) is 5.65 Å². The zero-order valence-electron chi connectivity index (χ0n) is 14.2. The monoisotopic (exact) mass is 311 g/mol. The Bertz CT molecular complexity index is 747. The molecule has 3 N–H and O–H groups in total. The van der Waals surface area contributed by atoms with E-state index in [1.165, 1.54) is 5.56 Å². The van der Waals surface area contributed by atoms with E-state index in [2.05, 4.69) is 41.4 Å². The number of nitrogens with one attached hydrogen (secondary N) is 1. The molecule has 0 spiro atoms. The fraction of sp³-hybridized carbons (Fsp3) is 0.333. The van der Waals surface area contributed by atoms with E-state index in [-0.39, 0.29) is 0 Å². The lowest BCUT2D eigenvalue weighted by molar-refractivity contribution is 0.872. The Morgan fingerprint density at radius 2 is 1.87 bits per heavy atom. The Morgan fingerprint density at radius 3 is 2.52 bits per heavy atom. The van der Waals surface area contributed by atoms with Gasteiger partial charge in [0.15, 0.2) is 5.65 Å². The third-order valence-electron chi connectivity index (χ3n) is 3.46. The van der Waals surface area contributed by atoms with Gasteiger partial charge in [-0.25, -0.2) is 4.98 Å². The van der Waals surface area contributed by atoms with Crippen molar-refractivity contribution in [2.45, 2.75) is 40.2 Å². The number of rotatable bonds is 4. The van der Waals surface area contributed by atoms with Crippen molar-refractivity contribution in [2.24, 2.45) is 0 Å². The molecule has 0 saturated carbocycles. The summed E-state index contributed by atoms with van der Waals surface area (Å²) in [5.74, 6) is 1.72. The number of benzene rings is 1. The van der Waals surface area contributed by atoms with E-state index in [9.17, 15) is 0 Å². The number of hydrogen-bond donors (Lipinski definition) is 2. The first-order valence-electron chi connectivity index (χ1n) is 8.07. The number of anilines is 2. The average Bonchev–Trinajstić information content (AvgIpc) is 2.99. The maximum Gasteiger partial charge on any atom is 0.163 e. The van der Waals surface area contributed by atoms with E-state index >= 15 is 0 Å². The molecule has 0 fully saturated rings. The molecule has 0 unspecified atom stereocenters. The summed E-state index contributed by atoms with van der Waals surface area (Å²) in [6.45, 7) is 8.97. The molecule has 122 valence electrons. The standard InChI is InChI=1S/C16H19N5.C2H6/c1-11(2)13-10-19-21-15(8-14(17)20-16(13)21)18-9-12-6-4-3-5-7-12;1-2/h3-8,10-11,18H,9H2,1-2H3,(H2,17,20);1-2H3. The van der Waals surface area contributed by atoms with Gasteiger partial charge in [0.05, 0.1) is 6.20 Å². The highest BCUT2D eigenvalue weighted by atomic mass is 15.3. The Morgan fingerprint density at radius 1 is 1.17 bits per heavy atom. The van der Waals surface area contributed by atoms with Gasteiger partial charge in [0.25, 0.3) is 0 Å². The van der Waals surface area contributed by atoms with Crippen molar-refractivity contribution >= 4 is 17.3 Å². The van der Waals surface area contributed by atoms with E-state index in [0.717, 1.165) is 23.6 Å². The van der Waals surface area contributed by atoms with Crippen molar-refractivity contribution < 1.29 is 0 Å². The van der Waals surface area contributed by atoms with Gasteiger partial charge in [0, 0.05) is 18.2 Å². The van der Waals surface area contributed by atoms with Crippen LogP contribution < -0.4 is 11.1 Å². The van der Waals surface area contributed by atoms with Crippen molar-refractivity contribution in [2.75, 3.05) is 11.1 Å². The summed E-state index contributed by atoms with van der Waals surface area (Å²) in [7, 11) is 0. The second kappa shape index (κ2) is 7.63. The van der Waals surface area contributed by atoms with Crippen molar-refractivity contribution in [3.8, 4) is 0 Å². The molecule has 0 amide bonds. The smallest absolute Gasteiger partial charge is 0.163 e. The first-order valence-corrected chi connectivity index (χ1v) is 8.07. The third-order valence-corrected chi connectivity index (χ3v) is 3.46. The van der Waals surface area contributed by atoms with Crippen LogP contribution in [0, 0.1) is 0 Å². The molecule has 2 heterocycles. The average molecular weight is 311 g/mol. The van der Waals surface area contributed by atoms with Crippen molar-refractivity contribution in [1.29, 1.82) is 0 Å². The molecule has 0 aliphatic rings. The quantitative estimate of drug-likeness (QED) is 0.762. The zero-order valence-corrected chi connectivity index (χ0v) is 14.2. The molecule has 3 aromatic rings. The Kier molecular flexibility index (Phi) is 5.57. The highest BCUT2D eigenvalue weighted by Crippen LogP contribution is 2.23. The fourth-order valence-corrected chi connectivity index (χ4v) is 2.32. The number of nitrogens with two attached hydrogens (primary N) is 1. The number of hydrogen-bond acceptors (Lipinski definition) is 4. The second-order valence-corrected chi connectivity index (χ2v) is 5.40. The molecule has 2 aromatic heterocycles. The lowest BCUT2D eigenvalue weighted by atomic mass is 10.1. The summed E-state index contributed by atoms with van der Waals surface area (Å²) in [5.41, 5.74) is 9.06. The maximum absolute atomic E-state index is 5.93. The summed E-state index contributed by atoms with van der Waals surface area (Å²) in [6.07, 6.45) is 1.86. The molecule has 5 heteroatoms. The SMILES string of the molecule is CC.CC(C)c1cnn2c(NCc3ccccc3)cc(N)nc12. The predicted molar refractivity (Wildman–Crippen MR) is 96.6 cm³/mol. The van der Waals surface area contributed by atoms with Crippen LogP contribution in [0.2, 0.25) is 0 Å². The highest BCUT2D eigenvalue weighted by molar-refractivity contribution is 5.59. The van der Waals surface area contributed by atoms with Crippen molar-refractivity contribution in [3.05, 3.63) is 53.7 Å². The Balaban J connectivity index is 0.000000924. The van der Waals surface area contributed by atoms with Crippen molar-refractivity contribution in [1.82, 2.24) is 14.6 Å². The minimum absolute atomic E-state index is 0.360. The molecule has 0 atom stereocenters. The van der Waals surface area contributed by atoms with Gasteiger partial charge in [-0.1, -0.05) is 58.0 Å². The zero-order chi connectivity index (χ0) is 16.8. The fourth-order valence-electron chi connectivity index (χ4n) is 2.32. The van der Waals surface area contributed by atoms with Gasteiger partial charge in [0.1, 0.15) is 11.6 Å². The molecule has 0 radical (unpaired) electrons. The lowest BCUT2D eigenvalue weighted by Gasteiger charge is -2.10. The summed E-state index contributed by atoms with van der Waals surface area (Å²) in [6, 6.07) is 12.0. The molecule has 5 nitrogen and oxygen atoms in total. The van der Waals surface area contributed by atoms with Crippen LogP contribution in [0.1, 0.15) is 44.7 Å². The first kappa shape index (κ1) is 16.8. The van der Waals surface area contributed by atoms with Crippen LogP contribution in [-0.2, 0) is 6.54 Å². The van der Waals surface area contributed by atoms with Gasteiger partial charge in [-0.3, -0.25) is 0 Å². The maximum atomic E-state index is 5.93. The van der Waals surface area contributed by atoms with Crippen LogP contribution in [-0.4, -0.2) is 14.6 Å². The van der Waals surface area contributed by atoms with Crippen LogP contribution in [0.4, 0.5) is 11.6 Å². The van der Waals surface area contributed by atoms with Gasteiger partial charge in [-0.2, -0.15) is 9.61 Å². The summed E-state index contributed by atoms with van der Waals surface area (Å²) >= 11 is 0. The topological polar surface area (TPSA) is 68.2 Å². The van der Waals surface area contributed by atoms with Gasteiger partial charge in [-0.05, 0) is 11.5 Å². The van der Waals surface area contributed by atoms with Gasteiger partial charge >= 0.3 is 0 Å². The minimum atomic E-state index is 0.360. The number of fused-ring (bicyclic) bond motifs is 1. The largest absolute Gasteiger partial charge is 0.384 e. The normalized spacial score (nSPS) is 10.5. The summed E-state index contributed by atoms with van der Waals surface area (Å²) in [4.78, 5) is 4.41. The van der Waals surface area contributed by atoms with Gasteiger partial charge in [-0.15, -0.1) is 0 Å². The molecule has 3 rings (SSSR count). The van der Waals surface area contributed by atoms with E-state index in [1.54, 1.807) is 0 Å². The molecule has 1 aromatic carbocycles. The number of aromatic nitrogens is 3. The van der Waals surface area contributed by atoms with Crippen LogP contribution in [0.3, 0.4) is 0 Å². The molecule has 0 aliphatic heterocycles. The Labute approximate surface area is 137 Å². The second-order valence-electron chi connectivity index (χ2n) is 5.40. The highest BCUT2D eigenvalue weighted by Gasteiger charge is 2.12. The molecule has 0 saturated heterocycles. The van der Waals surface area contributed by atoms with E-state index in [0.29, 0.717) is 11.7 Å². The van der Waals surface area contributed by atoms with E-state index in [4.69, 9.17) is 5.73 Å². The van der Waals surface area contributed by atoms with Gasteiger partial charge < -0.3 is 11.1 Å². The first-order chi connectivity index (χ1) is 11.1. The molecule has 0 aliphatic carbocycles. The minimum Gasteiger partial charge on any atom is -0.384 e. The van der Waals surface area contributed by atoms with E-state index in [1.807, 2.05) is 48.8 Å². The van der Waals surface area contributed by atoms with Crippen LogP contribution >= 0.6 is 0 Å². The van der Waals surface area contributed by atoms with Crippen LogP contribution in [0.5, 0.6) is 0 Å². The molecular weight excluding hydrogens is 286 g/mol. The Hall–Kier alpha value is -2.56. The molecule has 0 bridgehead atoms. The van der Waals surface area contributed by atoms with Crippen molar-refractivity contribution in [3.63, 3.8) is 0 Å². The van der Waals surface area contributed by atoms with Gasteiger partial charge in [0.2, 0.25) is 0 Å². The number of nitrogens with zero attached hydrogens (tertiary/aromatic N) is 3. The lowest BCUT2D eigenvalue weighted by Crippen LogP contribution is -2.07. The third kappa shape index (κ3) is 3.80. The molecular formula is C18H25N5. The summed E-state index contributed by atoms with van der Waals surface area (Å²) in [5, 5.41) is 7.81. The van der Waals surface area contributed by atoms with Crippen LogP contribution in [0.15, 0.2) is 42.6 Å². The van der Waals surface area contributed by atoms with E-state index < -0.39 is 0 Å². The summed E-state index contributed by atoms with van der Waals surface area (Å²) < 4.78 is 1.81. The molecule has 23 heavy (non-hydrogen) atoms. The predicted octanol–water partition coefficient (Wildman–Crippen LogP) is 4.07.